The number of rotatable bonds is 7. The second-order valence-electron chi connectivity index (χ2n) is 19.5. The van der Waals surface area contributed by atoms with E-state index in [2.05, 4.69) is 34.6 Å². The van der Waals surface area contributed by atoms with Crippen LogP contribution >= 0.6 is 0 Å². The molecule has 0 aromatic rings. The van der Waals surface area contributed by atoms with Crippen LogP contribution in [0.5, 0.6) is 0 Å². The first-order valence-corrected chi connectivity index (χ1v) is 20.4. The number of hydrogen-bond donors (Lipinski definition) is 7. The molecule has 14 nitrogen and oxygen atoms in total. The number of cyclic esters (lactones) is 1. The largest absolute Gasteiger partial charge is 0.461 e. The second-order valence-corrected chi connectivity index (χ2v) is 19.5. The minimum absolute atomic E-state index is 0.00635. The molecule has 1 spiro atoms. The van der Waals surface area contributed by atoms with Gasteiger partial charge in [-0.1, -0.05) is 47.6 Å². The average molecular weight is 781 g/mol. The van der Waals surface area contributed by atoms with Gasteiger partial charge in [0, 0.05) is 6.42 Å². The van der Waals surface area contributed by atoms with E-state index < -0.39 is 85.0 Å². The molecular weight excluding hydrogens is 716 g/mol. The van der Waals surface area contributed by atoms with Crippen molar-refractivity contribution in [2.24, 2.45) is 44.8 Å². The molecule has 6 fully saturated rings. The fourth-order valence-corrected chi connectivity index (χ4v) is 12.7. The topological polar surface area (TPSA) is 222 Å². The lowest BCUT2D eigenvalue weighted by Gasteiger charge is -2.71. The van der Waals surface area contributed by atoms with Crippen molar-refractivity contribution in [3.8, 4) is 0 Å². The molecule has 55 heavy (non-hydrogen) atoms. The van der Waals surface area contributed by atoms with Crippen LogP contribution in [0.15, 0.2) is 11.6 Å². The summed E-state index contributed by atoms with van der Waals surface area (Å²) in [5, 5.41) is 74.6. The summed E-state index contributed by atoms with van der Waals surface area (Å²) in [7, 11) is 0. The number of ketones is 1. The maximum absolute atomic E-state index is 13.5. The quantitative estimate of drug-likeness (QED) is 0.111. The fraction of sp³-hybridized carbons (Fsp3) is 0.902. The summed E-state index contributed by atoms with van der Waals surface area (Å²) in [5.41, 5.74) is -1.00. The monoisotopic (exact) mass is 780 g/mol. The number of Topliss-reactive ketones (excluding diaryl/α,β-unsaturated/α-hetero) is 1. The molecular formula is C41H64O14. The molecule has 2 unspecified atom stereocenters. The van der Waals surface area contributed by atoms with E-state index in [1.165, 1.54) is 6.92 Å². The van der Waals surface area contributed by atoms with E-state index in [0.717, 1.165) is 31.3 Å². The number of ether oxygens (including phenoxy) is 5. The number of fused-ring (bicyclic) bond motifs is 5. The van der Waals surface area contributed by atoms with E-state index in [-0.39, 0.29) is 58.5 Å². The van der Waals surface area contributed by atoms with Crippen molar-refractivity contribution in [2.45, 2.75) is 173 Å². The van der Waals surface area contributed by atoms with Crippen LogP contribution in [0.2, 0.25) is 0 Å². The summed E-state index contributed by atoms with van der Waals surface area (Å²) in [6.07, 6.45) is -7.04. The summed E-state index contributed by atoms with van der Waals surface area (Å²) in [4.78, 5) is 25.7. The Hall–Kier alpha value is -1.56. The third kappa shape index (κ3) is 6.31. The van der Waals surface area contributed by atoms with Crippen LogP contribution in [0.25, 0.3) is 0 Å². The van der Waals surface area contributed by atoms with E-state index in [0.29, 0.717) is 25.7 Å². The summed E-state index contributed by atoms with van der Waals surface area (Å²) in [6.45, 7) is 13.8. The van der Waals surface area contributed by atoms with Crippen molar-refractivity contribution in [3.63, 3.8) is 0 Å². The Kier molecular flexibility index (Phi) is 10.8. The zero-order valence-electron chi connectivity index (χ0n) is 33.3. The van der Waals surface area contributed by atoms with E-state index in [9.17, 15) is 45.3 Å². The average Bonchev–Trinajstić information content (AvgIpc) is 3.45. The van der Waals surface area contributed by atoms with Crippen LogP contribution in [0.3, 0.4) is 0 Å². The molecule has 0 aromatic heterocycles. The maximum Gasteiger partial charge on any atom is 0.316 e. The van der Waals surface area contributed by atoms with Crippen LogP contribution in [-0.4, -0.2) is 134 Å². The highest BCUT2D eigenvalue weighted by molar-refractivity contribution is 5.84. The van der Waals surface area contributed by atoms with Gasteiger partial charge in [-0.25, -0.2) is 0 Å². The number of carbonyl (C=O) groups is 2. The van der Waals surface area contributed by atoms with Gasteiger partial charge in [-0.3, -0.25) is 9.59 Å². The lowest BCUT2D eigenvalue weighted by Crippen LogP contribution is -2.66. The third-order valence-corrected chi connectivity index (χ3v) is 16.5. The SMILES string of the molecule is CC(=O)[C@H](C)[C@@H]1C[C@]2(C=C3[C@H](O)CC4[C@@]5(C)CC[C@H](O[C@@H]6OC[C@H](O)[C@H](O)[C@H]6O[C@@H]6O[C@H](CO)[C@@H](O)[C@H](O)[C@H]6O)C(C)(C)C5CC[C@@]4(C)[C@]3(C)CC2)C(=O)O1. The lowest BCUT2D eigenvalue weighted by atomic mass is 9.34. The van der Waals surface area contributed by atoms with Crippen LogP contribution in [0.4, 0.5) is 0 Å². The molecule has 0 radical (unpaired) electrons. The molecule has 312 valence electrons. The Morgan fingerprint density at radius 2 is 1.60 bits per heavy atom. The number of carbonyl (C=O) groups excluding carboxylic acids is 2. The number of aliphatic hydroxyl groups excluding tert-OH is 7. The number of aliphatic hydroxyl groups is 7. The van der Waals surface area contributed by atoms with E-state index in [1.54, 1.807) is 0 Å². The van der Waals surface area contributed by atoms with Gasteiger partial charge in [-0.2, -0.15) is 0 Å². The Bertz CT molecular complexity index is 1520. The first-order valence-electron chi connectivity index (χ1n) is 20.4. The van der Waals surface area contributed by atoms with Gasteiger partial charge in [-0.15, -0.1) is 0 Å². The van der Waals surface area contributed by atoms with Gasteiger partial charge in [0.15, 0.2) is 12.6 Å². The van der Waals surface area contributed by atoms with Crippen molar-refractivity contribution in [3.05, 3.63) is 11.6 Å². The smallest absolute Gasteiger partial charge is 0.316 e. The van der Waals surface area contributed by atoms with Gasteiger partial charge >= 0.3 is 5.97 Å². The molecule has 3 saturated heterocycles. The van der Waals surface area contributed by atoms with Crippen molar-refractivity contribution in [2.75, 3.05) is 13.2 Å². The predicted molar refractivity (Wildman–Crippen MR) is 194 cm³/mol. The molecule has 0 aromatic carbocycles. The highest BCUT2D eigenvalue weighted by Crippen LogP contribution is 2.74. The molecule has 4 aliphatic carbocycles. The molecule has 3 heterocycles. The Labute approximate surface area is 323 Å². The summed E-state index contributed by atoms with van der Waals surface area (Å²) >= 11 is 0. The normalized spacial score (nSPS) is 52.7. The molecule has 7 N–H and O–H groups in total. The Morgan fingerprint density at radius 1 is 0.891 bits per heavy atom. The van der Waals surface area contributed by atoms with Gasteiger partial charge < -0.3 is 59.4 Å². The van der Waals surface area contributed by atoms with E-state index in [1.807, 2.05) is 13.0 Å². The lowest BCUT2D eigenvalue weighted by molar-refractivity contribution is -0.367. The molecule has 0 bridgehead atoms. The standard InChI is InChI=1S/C41H64O14/c1-19(20(2)43)24-16-41(36(50)53-24)13-12-39(6)21(15-41)22(44)14-27-38(5)10-9-28(37(3,4)26(38)8-11-40(27,39)7)54-35-33(29(46)23(45)18-51-35)55-34-32(49)31(48)30(47)25(17-42)52-34/h15,19,22-35,42,44-49H,8-14,16-18H2,1-7H3/t19-,22+,23-,24-,25+,26?,27?,28-,29-,30+,31-,32+,33+,34-,35-,38-,39+,40+,41-/m0/s1. The Morgan fingerprint density at radius 3 is 2.27 bits per heavy atom. The van der Waals surface area contributed by atoms with Gasteiger partial charge in [0.1, 0.15) is 54.6 Å². The zero-order valence-corrected chi connectivity index (χ0v) is 33.3. The molecule has 3 saturated carbocycles. The second kappa shape index (κ2) is 14.3. The summed E-state index contributed by atoms with van der Waals surface area (Å²) < 4.78 is 30.0. The van der Waals surface area contributed by atoms with Crippen molar-refractivity contribution < 1.29 is 69.0 Å². The molecule has 3 aliphatic heterocycles. The fourth-order valence-electron chi connectivity index (χ4n) is 12.7. The summed E-state index contributed by atoms with van der Waals surface area (Å²) in [5.74, 6) is -0.339. The van der Waals surface area contributed by atoms with Gasteiger partial charge in [0.2, 0.25) is 0 Å². The summed E-state index contributed by atoms with van der Waals surface area (Å²) in [6, 6.07) is 0. The maximum atomic E-state index is 13.5. The number of hydrogen-bond acceptors (Lipinski definition) is 14. The van der Waals surface area contributed by atoms with Crippen LogP contribution in [0, 0.1) is 44.8 Å². The van der Waals surface area contributed by atoms with Gasteiger partial charge in [0.25, 0.3) is 0 Å². The van der Waals surface area contributed by atoms with Crippen LogP contribution in [-0.2, 0) is 33.3 Å². The van der Waals surface area contributed by atoms with Crippen LogP contribution < -0.4 is 0 Å². The van der Waals surface area contributed by atoms with Gasteiger partial charge in [0.05, 0.1) is 36.8 Å². The third-order valence-electron chi connectivity index (χ3n) is 16.5. The highest BCUT2D eigenvalue weighted by atomic mass is 16.8. The minimum atomic E-state index is -1.72. The van der Waals surface area contributed by atoms with Crippen molar-refractivity contribution in [1.29, 1.82) is 0 Å². The zero-order chi connectivity index (χ0) is 40.2. The first kappa shape index (κ1) is 41.6. The molecule has 0 amide bonds. The first-order chi connectivity index (χ1) is 25.6. The molecule has 19 atom stereocenters. The highest BCUT2D eigenvalue weighted by Gasteiger charge is 2.69. The minimum Gasteiger partial charge on any atom is -0.461 e. The van der Waals surface area contributed by atoms with E-state index >= 15 is 0 Å². The van der Waals surface area contributed by atoms with Crippen molar-refractivity contribution >= 4 is 11.8 Å². The molecule has 14 heteroatoms. The molecule has 7 aliphatic rings. The molecule has 7 rings (SSSR count). The number of esters is 1. The Balaban J connectivity index is 1.11. The predicted octanol–water partition coefficient (Wildman–Crippen LogP) is 1.51. The van der Waals surface area contributed by atoms with Crippen LogP contribution in [0.1, 0.15) is 99.8 Å². The van der Waals surface area contributed by atoms with Crippen molar-refractivity contribution in [1.82, 2.24) is 0 Å². The van der Waals surface area contributed by atoms with E-state index in [4.69, 9.17) is 23.7 Å². The van der Waals surface area contributed by atoms with Gasteiger partial charge in [-0.05, 0) is 90.9 Å².